The molecule has 0 radical (unpaired) electrons. The van der Waals surface area contributed by atoms with Crippen molar-refractivity contribution in [1.82, 2.24) is 4.98 Å². The van der Waals surface area contributed by atoms with Crippen molar-refractivity contribution in [2.45, 2.75) is 19.4 Å². The minimum Gasteiger partial charge on any atom is -0.386 e. The number of para-hydroxylation sites is 1. The summed E-state index contributed by atoms with van der Waals surface area (Å²) in [4.78, 5) is 3.30. The van der Waals surface area contributed by atoms with Crippen LogP contribution in [0.1, 0.15) is 25.0 Å². The number of rotatable bonds is 1. The molecule has 0 spiro atoms. The van der Waals surface area contributed by atoms with Gasteiger partial charge in [0.1, 0.15) is 0 Å². The van der Waals surface area contributed by atoms with Crippen LogP contribution >= 0.6 is 0 Å². The Hall–Kier alpha value is -2.31. The molecule has 3 nitrogen and oxygen atoms in total. The molecule has 3 rings (SSSR count). The molecule has 0 aliphatic heterocycles. The summed E-state index contributed by atoms with van der Waals surface area (Å²) in [5.41, 5.74) is 2.26. The fourth-order valence-electron chi connectivity index (χ4n) is 2.43. The molecule has 1 heterocycles. The monoisotopic (exact) mass is 250 g/mol. The molecule has 19 heavy (non-hydrogen) atoms. The second-order valence-electron chi connectivity index (χ2n) is 5.29. The molecule has 1 aromatic heterocycles. The zero-order valence-corrected chi connectivity index (χ0v) is 10.9. The fraction of sp³-hybridized carbons (Fsp3) is 0.188. The highest BCUT2D eigenvalue weighted by molar-refractivity contribution is 6.10. The van der Waals surface area contributed by atoms with Crippen LogP contribution < -0.4 is 0 Å². The third-order valence-electron chi connectivity index (χ3n) is 3.43. The van der Waals surface area contributed by atoms with E-state index in [1.54, 1.807) is 19.9 Å². The number of H-pyrrole nitrogens is 1. The Bertz CT molecular complexity index is 816. The number of nitrogens with zero attached hydrogens (tertiary/aromatic N) is 1. The SMILES string of the molecule is CC(C)(O)c1cc(C#N)c2c(c1)[nH]c1ccccc12. The lowest BCUT2D eigenvalue weighted by molar-refractivity contribution is 0.0787. The van der Waals surface area contributed by atoms with Gasteiger partial charge in [-0.25, -0.2) is 0 Å². The standard InChI is InChI=1S/C16H14N2O/c1-16(2,19)11-7-10(9-17)15-12-5-3-4-6-13(12)18-14(15)8-11/h3-8,18-19H,1-2H3. The quantitative estimate of drug-likeness (QED) is 0.695. The van der Waals surface area contributed by atoms with Crippen molar-refractivity contribution in [2.24, 2.45) is 0 Å². The van der Waals surface area contributed by atoms with Gasteiger partial charge in [0.15, 0.2) is 0 Å². The maximum absolute atomic E-state index is 10.1. The van der Waals surface area contributed by atoms with Gasteiger partial charge < -0.3 is 10.1 Å². The highest BCUT2D eigenvalue weighted by Crippen LogP contribution is 2.32. The number of aliphatic hydroxyl groups is 1. The molecule has 0 aliphatic carbocycles. The van der Waals surface area contributed by atoms with Crippen LogP contribution in [0.4, 0.5) is 0 Å². The highest BCUT2D eigenvalue weighted by Gasteiger charge is 2.19. The van der Waals surface area contributed by atoms with Gasteiger partial charge in [-0.15, -0.1) is 0 Å². The lowest BCUT2D eigenvalue weighted by Crippen LogP contribution is -2.15. The maximum Gasteiger partial charge on any atom is 0.0999 e. The largest absolute Gasteiger partial charge is 0.386 e. The smallest absolute Gasteiger partial charge is 0.0999 e. The van der Waals surface area contributed by atoms with Crippen molar-refractivity contribution in [3.63, 3.8) is 0 Å². The molecular formula is C16H14N2O. The molecule has 0 atom stereocenters. The summed E-state index contributed by atoms with van der Waals surface area (Å²) in [7, 11) is 0. The topological polar surface area (TPSA) is 59.8 Å². The van der Waals surface area contributed by atoms with Crippen LogP contribution in [0.3, 0.4) is 0 Å². The molecule has 0 aliphatic rings. The van der Waals surface area contributed by atoms with Crippen molar-refractivity contribution >= 4 is 21.8 Å². The molecule has 0 saturated heterocycles. The summed E-state index contributed by atoms with van der Waals surface area (Å²) >= 11 is 0. The summed E-state index contributed by atoms with van der Waals surface area (Å²) in [5.74, 6) is 0. The molecule has 3 aromatic rings. The second-order valence-corrected chi connectivity index (χ2v) is 5.29. The number of hydrogen-bond acceptors (Lipinski definition) is 2. The summed E-state index contributed by atoms with van der Waals surface area (Å²) < 4.78 is 0. The fourth-order valence-corrected chi connectivity index (χ4v) is 2.43. The van der Waals surface area contributed by atoms with Gasteiger partial charge in [-0.3, -0.25) is 0 Å². The Kier molecular flexibility index (Phi) is 2.38. The number of aromatic nitrogens is 1. The Balaban J connectivity index is 2.47. The van der Waals surface area contributed by atoms with E-state index in [2.05, 4.69) is 11.1 Å². The van der Waals surface area contributed by atoms with Gasteiger partial charge in [0, 0.05) is 21.8 Å². The van der Waals surface area contributed by atoms with Crippen molar-refractivity contribution < 1.29 is 5.11 Å². The number of hydrogen-bond donors (Lipinski definition) is 2. The van der Waals surface area contributed by atoms with Crippen molar-refractivity contribution in [3.8, 4) is 6.07 Å². The minimum absolute atomic E-state index is 0.590. The average molecular weight is 250 g/mol. The summed E-state index contributed by atoms with van der Waals surface area (Å²) in [6, 6.07) is 13.8. The summed E-state index contributed by atoms with van der Waals surface area (Å²) in [6.45, 7) is 3.44. The van der Waals surface area contributed by atoms with Crippen LogP contribution in [0.2, 0.25) is 0 Å². The molecule has 0 amide bonds. The minimum atomic E-state index is -0.961. The number of nitriles is 1. The van der Waals surface area contributed by atoms with Gasteiger partial charge >= 0.3 is 0 Å². The lowest BCUT2D eigenvalue weighted by Gasteiger charge is -2.18. The number of aromatic amines is 1. The molecule has 94 valence electrons. The van der Waals surface area contributed by atoms with Gasteiger partial charge in [-0.1, -0.05) is 18.2 Å². The van der Waals surface area contributed by atoms with Crippen molar-refractivity contribution in [2.75, 3.05) is 0 Å². The normalized spacial score (nSPS) is 11.9. The van der Waals surface area contributed by atoms with Crippen LogP contribution in [-0.4, -0.2) is 10.1 Å². The first-order valence-corrected chi connectivity index (χ1v) is 6.18. The lowest BCUT2D eigenvalue weighted by atomic mass is 9.94. The predicted octanol–water partition coefficient (Wildman–Crippen LogP) is 3.42. The molecule has 0 bridgehead atoms. The Morgan fingerprint density at radius 3 is 2.58 bits per heavy atom. The third-order valence-corrected chi connectivity index (χ3v) is 3.43. The zero-order valence-electron chi connectivity index (χ0n) is 10.9. The van der Waals surface area contributed by atoms with E-state index in [1.807, 2.05) is 30.3 Å². The Morgan fingerprint density at radius 2 is 1.89 bits per heavy atom. The van der Waals surface area contributed by atoms with E-state index < -0.39 is 5.60 Å². The predicted molar refractivity (Wildman–Crippen MR) is 75.8 cm³/mol. The van der Waals surface area contributed by atoms with Crippen LogP contribution in [0.25, 0.3) is 21.8 Å². The van der Waals surface area contributed by atoms with Crippen molar-refractivity contribution in [1.29, 1.82) is 5.26 Å². The second kappa shape index (κ2) is 3.84. The van der Waals surface area contributed by atoms with E-state index in [0.717, 1.165) is 27.4 Å². The third kappa shape index (κ3) is 1.78. The van der Waals surface area contributed by atoms with Gasteiger partial charge in [0.25, 0.3) is 0 Å². The Labute approximate surface area is 111 Å². The molecule has 0 fully saturated rings. The van der Waals surface area contributed by atoms with Gasteiger partial charge in [0.2, 0.25) is 0 Å². The number of fused-ring (bicyclic) bond motifs is 3. The van der Waals surface area contributed by atoms with Crippen LogP contribution in [0.15, 0.2) is 36.4 Å². The Morgan fingerprint density at radius 1 is 1.16 bits per heavy atom. The first-order valence-electron chi connectivity index (χ1n) is 6.18. The first-order chi connectivity index (χ1) is 9.00. The van der Waals surface area contributed by atoms with Gasteiger partial charge in [-0.05, 0) is 37.6 Å². The molecule has 2 aromatic carbocycles. The van der Waals surface area contributed by atoms with E-state index in [0.29, 0.717) is 5.56 Å². The van der Waals surface area contributed by atoms with E-state index in [-0.39, 0.29) is 0 Å². The van der Waals surface area contributed by atoms with E-state index >= 15 is 0 Å². The van der Waals surface area contributed by atoms with Crippen molar-refractivity contribution in [3.05, 3.63) is 47.5 Å². The maximum atomic E-state index is 10.1. The van der Waals surface area contributed by atoms with Gasteiger partial charge in [0.05, 0.1) is 17.2 Å². The van der Waals surface area contributed by atoms with Crippen LogP contribution in [0, 0.1) is 11.3 Å². The summed E-state index contributed by atoms with van der Waals surface area (Å²) in [5, 5.41) is 21.4. The van der Waals surface area contributed by atoms with E-state index in [9.17, 15) is 10.4 Å². The van der Waals surface area contributed by atoms with E-state index in [4.69, 9.17) is 0 Å². The molecule has 3 heteroatoms. The van der Waals surface area contributed by atoms with Gasteiger partial charge in [-0.2, -0.15) is 5.26 Å². The van der Waals surface area contributed by atoms with Crippen LogP contribution in [0.5, 0.6) is 0 Å². The highest BCUT2D eigenvalue weighted by atomic mass is 16.3. The number of nitrogens with one attached hydrogen (secondary N) is 1. The zero-order chi connectivity index (χ0) is 13.6. The van der Waals surface area contributed by atoms with E-state index in [1.165, 1.54) is 0 Å². The summed E-state index contributed by atoms with van der Waals surface area (Å²) in [6.07, 6.45) is 0. The average Bonchev–Trinajstić information content (AvgIpc) is 2.74. The number of benzene rings is 2. The molecular weight excluding hydrogens is 236 g/mol. The first kappa shape index (κ1) is 11.8. The molecule has 2 N–H and O–H groups in total. The molecule has 0 saturated carbocycles. The van der Waals surface area contributed by atoms with Crippen LogP contribution in [-0.2, 0) is 5.60 Å². The molecule has 0 unspecified atom stereocenters.